The molecule has 2 aliphatic rings. The summed E-state index contributed by atoms with van der Waals surface area (Å²) in [5.74, 6) is -0.506. The van der Waals surface area contributed by atoms with E-state index in [1.165, 1.54) is 12.1 Å². The van der Waals surface area contributed by atoms with Crippen LogP contribution in [0, 0.1) is 12.7 Å². The van der Waals surface area contributed by atoms with Crippen molar-refractivity contribution < 1.29 is 12.8 Å². The third kappa shape index (κ3) is 3.12. The second-order valence-electron chi connectivity index (χ2n) is 6.01. The molecule has 21 heavy (non-hydrogen) atoms. The van der Waals surface area contributed by atoms with Crippen LogP contribution in [0.4, 0.5) is 4.39 Å². The van der Waals surface area contributed by atoms with E-state index in [2.05, 4.69) is 5.32 Å². The van der Waals surface area contributed by atoms with Gasteiger partial charge in [0.25, 0.3) is 0 Å². The van der Waals surface area contributed by atoms with Crippen molar-refractivity contribution >= 4 is 10.0 Å². The van der Waals surface area contributed by atoms with Gasteiger partial charge in [0.15, 0.2) is 0 Å². The van der Waals surface area contributed by atoms with E-state index >= 15 is 0 Å². The molecule has 1 aromatic carbocycles. The Bertz CT molecular complexity index is 623. The summed E-state index contributed by atoms with van der Waals surface area (Å²) >= 11 is 0. The van der Waals surface area contributed by atoms with E-state index in [1.807, 2.05) is 0 Å². The molecule has 2 fully saturated rings. The van der Waals surface area contributed by atoms with Gasteiger partial charge >= 0.3 is 0 Å². The molecule has 1 unspecified atom stereocenters. The van der Waals surface area contributed by atoms with Crippen LogP contribution < -0.4 is 5.32 Å². The molecule has 6 heteroatoms. The van der Waals surface area contributed by atoms with Gasteiger partial charge in [0.1, 0.15) is 5.82 Å². The summed E-state index contributed by atoms with van der Waals surface area (Å²) in [6.45, 7) is 3.15. The van der Waals surface area contributed by atoms with Gasteiger partial charge in [-0.25, -0.2) is 12.8 Å². The van der Waals surface area contributed by atoms with Gasteiger partial charge in [0, 0.05) is 18.6 Å². The molecule has 1 N–H and O–H groups in total. The number of hydrogen-bond donors (Lipinski definition) is 1. The molecule has 116 valence electrons. The molecule has 1 atom stereocenters. The number of sulfonamides is 1. The minimum Gasteiger partial charge on any atom is -0.313 e. The number of halogens is 1. The molecular formula is C15H21FN2O2S. The van der Waals surface area contributed by atoms with Gasteiger partial charge in [0.2, 0.25) is 10.0 Å². The second kappa shape index (κ2) is 5.66. The predicted octanol–water partition coefficient (Wildman–Crippen LogP) is 2.04. The Labute approximate surface area is 125 Å². The van der Waals surface area contributed by atoms with E-state index in [4.69, 9.17) is 0 Å². The van der Waals surface area contributed by atoms with Crippen molar-refractivity contribution in [1.29, 1.82) is 0 Å². The molecule has 1 aliphatic carbocycles. The maximum absolute atomic E-state index is 13.5. The number of hydrogen-bond acceptors (Lipinski definition) is 3. The largest absolute Gasteiger partial charge is 0.313 e. The van der Waals surface area contributed by atoms with E-state index in [-0.39, 0.29) is 17.0 Å². The molecular weight excluding hydrogens is 291 g/mol. The van der Waals surface area contributed by atoms with Crippen molar-refractivity contribution in [2.75, 3.05) is 13.1 Å². The third-order valence-electron chi connectivity index (χ3n) is 4.25. The number of nitrogens with zero attached hydrogens (tertiary/aromatic N) is 1. The van der Waals surface area contributed by atoms with Gasteiger partial charge in [-0.2, -0.15) is 4.31 Å². The SMILES string of the molecule is Cc1ccc(F)cc1S(=O)(=O)N(CC1CCCN1)C1CC1. The zero-order valence-electron chi connectivity index (χ0n) is 12.2. The lowest BCUT2D eigenvalue weighted by Crippen LogP contribution is -2.42. The van der Waals surface area contributed by atoms with Crippen molar-refractivity contribution in [2.24, 2.45) is 0 Å². The van der Waals surface area contributed by atoms with E-state index in [9.17, 15) is 12.8 Å². The summed E-state index contributed by atoms with van der Waals surface area (Å²) in [4.78, 5) is 0.104. The quantitative estimate of drug-likeness (QED) is 0.905. The molecule has 0 spiro atoms. The third-order valence-corrected chi connectivity index (χ3v) is 6.31. The fraction of sp³-hybridized carbons (Fsp3) is 0.600. The molecule has 1 aliphatic heterocycles. The predicted molar refractivity (Wildman–Crippen MR) is 79.1 cm³/mol. The van der Waals surface area contributed by atoms with E-state index < -0.39 is 15.8 Å². The number of nitrogens with one attached hydrogen (secondary N) is 1. The molecule has 0 bridgehead atoms. The fourth-order valence-electron chi connectivity index (χ4n) is 2.91. The van der Waals surface area contributed by atoms with Crippen LogP contribution >= 0.6 is 0 Å². The second-order valence-corrected chi connectivity index (χ2v) is 7.87. The maximum Gasteiger partial charge on any atom is 0.243 e. The highest BCUT2D eigenvalue weighted by atomic mass is 32.2. The van der Waals surface area contributed by atoms with Crippen LogP contribution in [0.25, 0.3) is 0 Å². The smallest absolute Gasteiger partial charge is 0.243 e. The van der Waals surface area contributed by atoms with Crippen LogP contribution in [0.15, 0.2) is 23.1 Å². The Morgan fingerprint density at radius 1 is 1.33 bits per heavy atom. The highest BCUT2D eigenvalue weighted by molar-refractivity contribution is 7.89. The van der Waals surface area contributed by atoms with Gasteiger partial charge in [-0.15, -0.1) is 0 Å². The first-order valence-electron chi connectivity index (χ1n) is 7.50. The van der Waals surface area contributed by atoms with Crippen LogP contribution in [-0.4, -0.2) is 37.9 Å². The first-order valence-corrected chi connectivity index (χ1v) is 8.94. The van der Waals surface area contributed by atoms with E-state index in [0.717, 1.165) is 38.3 Å². The van der Waals surface area contributed by atoms with E-state index in [0.29, 0.717) is 12.1 Å². The minimum absolute atomic E-state index is 0.0834. The highest BCUT2D eigenvalue weighted by Crippen LogP contribution is 2.33. The Morgan fingerprint density at radius 3 is 2.71 bits per heavy atom. The molecule has 0 aromatic heterocycles. The van der Waals surface area contributed by atoms with Crippen molar-refractivity contribution in [3.05, 3.63) is 29.6 Å². The number of aryl methyl sites for hydroxylation is 1. The Morgan fingerprint density at radius 2 is 2.10 bits per heavy atom. The molecule has 0 amide bonds. The summed E-state index contributed by atoms with van der Waals surface area (Å²) in [5.41, 5.74) is 0.599. The van der Waals surface area contributed by atoms with Crippen LogP contribution in [0.2, 0.25) is 0 Å². The first kappa shape index (κ1) is 14.9. The lowest BCUT2D eigenvalue weighted by Gasteiger charge is -2.26. The highest BCUT2D eigenvalue weighted by Gasteiger charge is 2.40. The standard InChI is InChI=1S/C15H21FN2O2S/c1-11-4-5-12(16)9-15(11)21(19,20)18(14-6-7-14)10-13-3-2-8-17-13/h4-5,9,13-14,17H,2-3,6-8,10H2,1H3. The van der Waals surface area contributed by atoms with Crippen LogP contribution in [0.3, 0.4) is 0 Å². The molecule has 1 heterocycles. The summed E-state index contributed by atoms with van der Waals surface area (Å²) < 4.78 is 40.9. The molecule has 4 nitrogen and oxygen atoms in total. The zero-order valence-corrected chi connectivity index (χ0v) is 13.0. The summed E-state index contributed by atoms with van der Waals surface area (Å²) in [6.07, 6.45) is 3.89. The Hall–Kier alpha value is -0.980. The van der Waals surface area contributed by atoms with Gasteiger partial charge in [-0.1, -0.05) is 6.07 Å². The van der Waals surface area contributed by atoms with Gasteiger partial charge < -0.3 is 5.32 Å². The zero-order chi connectivity index (χ0) is 15.0. The first-order chi connectivity index (χ1) is 9.98. The monoisotopic (exact) mass is 312 g/mol. The molecule has 1 saturated carbocycles. The fourth-order valence-corrected chi connectivity index (χ4v) is 4.88. The minimum atomic E-state index is -3.63. The van der Waals surface area contributed by atoms with Gasteiger partial charge in [-0.3, -0.25) is 0 Å². The molecule has 3 rings (SSSR count). The van der Waals surface area contributed by atoms with Crippen molar-refractivity contribution in [2.45, 2.75) is 49.6 Å². The average molecular weight is 312 g/mol. The topological polar surface area (TPSA) is 49.4 Å². The van der Waals surface area contributed by atoms with Crippen LogP contribution in [0.5, 0.6) is 0 Å². The van der Waals surface area contributed by atoms with E-state index in [1.54, 1.807) is 11.2 Å². The Balaban J connectivity index is 1.91. The summed E-state index contributed by atoms with van der Waals surface area (Å²) in [6, 6.07) is 4.27. The number of benzene rings is 1. The van der Waals surface area contributed by atoms with Gasteiger partial charge in [-0.05, 0) is 56.8 Å². The summed E-state index contributed by atoms with van der Waals surface area (Å²) in [5, 5.41) is 3.34. The molecule has 0 radical (unpaired) electrons. The van der Waals surface area contributed by atoms with Crippen molar-refractivity contribution in [1.82, 2.24) is 9.62 Å². The normalized spacial score (nSPS) is 22.9. The summed E-state index contributed by atoms with van der Waals surface area (Å²) in [7, 11) is -3.63. The van der Waals surface area contributed by atoms with Crippen LogP contribution in [-0.2, 0) is 10.0 Å². The van der Waals surface area contributed by atoms with Gasteiger partial charge in [0.05, 0.1) is 4.90 Å². The Kier molecular flexibility index (Phi) is 4.03. The maximum atomic E-state index is 13.5. The molecule has 1 aromatic rings. The van der Waals surface area contributed by atoms with Crippen molar-refractivity contribution in [3.63, 3.8) is 0 Å². The van der Waals surface area contributed by atoms with Crippen LogP contribution in [0.1, 0.15) is 31.2 Å². The molecule has 1 saturated heterocycles. The number of rotatable bonds is 5. The average Bonchev–Trinajstić information content (AvgIpc) is 3.14. The lowest BCUT2D eigenvalue weighted by atomic mass is 10.2. The lowest BCUT2D eigenvalue weighted by molar-refractivity contribution is 0.362. The van der Waals surface area contributed by atoms with Crippen molar-refractivity contribution in [3.8, 4) is 0 Å².